The minimum absolute atomic E-state index is 0.303. The maximum Gasteiger partial charge on any atom is 0.346 e. The average Bonchev–Trinajstić information content (AvgIpc) is 3.02. The normalized spacial score (nSPS) is 10.9. The van der Waals surface area contributed by atoms with E-state index in [0.29, 0.717) is 5.56 Å². The molecule has 0 saturated heterocycles. The van der Waals surface area contributed by atoms with Gasteiger partial charge in [-0.15, -0.1) is 0 Å². The molecule has 42 heavy (non-hydrogen) atoms. The van der Waals surface area contributed by atoms with Gasteiger partial charge >= 0.3 is 5.97 Å². The van der Waals surface area contributed by atoms with Crippen molar-refractivity contribution in [2.45, 2.75) is 13.8 Å². The topological polar surface area (TPSA) is 64.3 Å². The average molecular weight is 547 g/mol. The van der Waals surface area contributed by atoms with E-state index in [2.05, 4.69) is 116 Å². The highest BCUT2D eigenvalue weighted by Gasteiger charge is 2.15. The zero-order valence-corrected chi connectivity index (χ0v) is 23.5. The van der Waals surface area contributed by atoms with Gasteiger partial charge in [-0.05, 0) is 89.7 Å². The van der Waals surface area contributed by atoms with Crippen molar-refractivity contribution in [3.05, 3.63) is 166 Å². The predicted octanol–water partition coefficient (Wildman–Crippen LogP) is 9.35. The first-order valence-corrected chi connectivity index (χ1v) is 13.7. The molecule has 0 amide bonds. The van der Waals surface area contributed by atoms with Crippen LogP contribution in [0.15, 0.2) is 133 Å². The van der Waals surface area contributed by atoms with Crippen molar-refractivity contribution in [1.29, 1.82) is 5.26 Å². The molecule has 0 radical (unpaired) electrons. The molecule has 1 N–H and O–H groups in total. The Balaban J connectivity index is 1.56. The SMILES string of the molecule is Cc1ccc(N(c2ccc(C=C(C#N)C(=O)O)cc2)c2ccc(C=C(c3ccccc3)c3ccccc3)cc2)c(C)c1. The summed E-state index contributed by atoms with van der Waals surface area (Å²) in [7, 11) is 0. The summed E-state index contributed by atoms with van der Waals surface area (Å²) in [5.74, 6) is -1.24. The molecule has 0 unspecified atom stereocenters. The van der Waals surface area contributed by atoms with Crippen LogP contribution < -0.4 is 4.90 Å². The summed E-state index contributed by atoms with van der Waals surface area (Å²) in [6.45, 7) is 4.18. The fourth-order valence-corrected chi connectivity index (χ4v) is 4.97. The fourth-order valence-electron chi connectivity index (χ4n) is 4.97. The first-order chi connectivity index (χ1) is 20.4. The second-order valence-corrected chi connectivity index (χ2v) is 10.1. The zero-order valence-electron chi connectivity index (χ0n) is 23.5. The van der Waals surface area contributed by atoms with E-state index < -0.39 is 5.97 Å². The molecule has 0 aliphatic carbocycles. The highest BCUT2D eigenvalue weighted by Crippen LogP contribution is 2.37. The minimum atomic E-state index is -1.24. The Morgan fingerprint density at radius 3 is 1.64 bits per heavy atom. The van der Waals surface area contributed by atoms with Gasteiger partial charge in [-0.25, -0.2) is 4.79 Å². The van der Waals surface area contributed by atoms with Crippen LogP contribution in [0.1, 0.15) is 33.4 Å². The summed E-state index contributed by atoms with van der Waals surface area (Å²) in [6, 6.07) is 44.9. The second-order valence-electron chi connectivity index (χ2n) is 10.1. The number of nitrogens with zero attached hydrogens (tertiary/aromatic N) is 2. The van der Waals surface area contributed by atoms with Gasteiger partial charge in [0, 0.05) is 17.1 Å². The van der Waals surface area contributed by atoms with E-state index in [4.69, 9.17) is 5.26 Å². The maximum absolute atomic E-state index is 11.3. The lowest BCUT2D eigenvalue weighted by molar-refractivity contribution is -0.132. The molecule has 5 aromatic carbocycles. The highest BCUT2D eigenvalue weighted by molar-refractivity contribution is 5.96. The van der Waals surface area contributed by atoms with Crippen LogP contribution in [-0.4, -0.2) is 11.1 Å². The van der Waals surface area contributed by atoms with E-state index in [1.165, 1.54) is 11.6 Å². The van der Waals surface area contributed by atoms with Crippen LogP contribution in [0.5, 0.6) is 0 Å². The van der Waals surface area contributed by atoms with Crippen LogP contribution in [0.2, 0.25) is 0 Å². The second kappa shape index (κ2) is 12.7. The lowest BCUT2D eigenvalue weighted by Gasteiger charge is -2.27. The Morgan fingerprint density at radius 1 is 0.690 bits per heavy atom. The number of carbonyl (C=O) groups is 1. The Labute approximate surface area is 246 Å². The lowest BCUT2D eigenvalue weighted by atomic mass is 9.95. The van der Waals surface area contributed by atoms with Crippen LogP contribution in [0.3, 0.4) is 0 Å². The summed E-state index contributed by atoms with van der Waals surface area (Å²) in [5.41, 5.74) is 10.2. The number of aliphatic carboxylic acids is 1. The van der Waals surface area contributed by atoms with Crippen molar-refractivity contribution in [3.63, 3.8) is 0 Å². The first-order valence-electron chi connectivity index (χ1n) is 13.7. The van der Waals surface area contributed by atoms with Gasteiger partial charge in [-0.3, -0.25) is 0 Å². The molecular weight excluding hydrogens is 516 g/mol. The van der Waals surface area contributed by atoms with Gasteiger partial charge in [0.2, 0.25) is 0 Å². The van der Waals surface area contributed by atoms with Crippen LogP contribution in [0.25, 0.3) is 17.7 Å². The van der Waals surface area contributed by atoms with Crippen molar-refractivity contribution in [3.8, 4) is 6.07 Å². The van der Waals surface area contributed by atoms with Crippen molar-refractivity contribution >= 4 is 40.8 Å². The van der Waals surface area contributed by atoms with Crippen molar-refractivity contribution in [2.75, 3.05) is 4.90 Å². The third-order valence-corrected chi connectivity index (χ3v) is 7.04. The summed E-state index contributed by atoms with van der Waals surface area (Å²) < 4.78 is 0. The van der Waals surface area contributed by atoms with Crippen LogP contribution in [0.4, 0.5) is 17.1 Å². The third kappa shape index (κ3) is 6.38. The standard InChI is InChI=1S/C38H30N2O2/c1-27-13-22-37(28(2)23-27)40(34-18-14-29(15-19-34)24-33(26-39)38(41)42)35-20-16-30(17-21-35)25-36(31-9-5-3-6-10-31)32-11-7-4-8-12-32/h3-25H,1-2H3,(H,41,42). The number of rotatable bonds is 8. The molecule has 4 heteroatoms. The fraction of sp³-hybridized carbons (Fsp3) is 0.0526. The first kappa shape index (κ1) is 27.9. The number of anilines is 3. The monoisotopic (exact) mass is 546 g/mol. The Kier molecular flexibility index (Phi) is 8.42. The maximum atomic E-state index is 11.3. The van der Waals surface area contributed by atoms with Crippen LogP contribution in [0, 0.1) is 25.2 Å². The van der Waals surface area contributed by atoms with Gasteiger partial charge in [0.05, 0.1) is 0 Å². The van der Waals surface area contributed by atoms with Crippen LogP contribution in [-0.2, 0) is 4.79 Å². The molecule has 5 aromatic rings. The Hall–Kier alpha value is -5.66. The van der Waals surface area contributed by atoms with E-state index in [0.717, 1.165) is 44.9 Å². The summed E-state index contributed by atoms with van der Waals surface area (Å²) in [6.07, 6.45) is 3.60. The van der Waals surface area contributed by atoms with E-state index in [-0.39, 0.29) is 5.57 Å². The van der Waals surface area contributed by atoms with Crippen LogP contribution >= 0.6 is 0 Å². The lowest BCUT2D eigenvalue weighted by Crippen LogP contribution is -2.11. The van der Waals surface area contributed by atoms with Gasteiger partial charge in [0.15, 0.2) is 0 Å². The molecule has 0 heterocycles. The van der Waals surface area contributed by atoms with Gasteiger partial charge in [0.25, 0.3) is 0 Å². The number of carboxylic acids is 1. The molecule has 0 aliphatic heterocycles. The van der Waals surface area contributed by atoms with Gasteiger partial charge in [-0.2, -0.15) is 5.26 Å². The molecular formula is C38H30N2O2. The number of nitriles is 1. The summed E-state index contributed by atoms with van der Waals surface area (Å²) >= 11 is 0. The molecule has 0 spiro atoms. The Morgan fingerprint density at radius 2 is 1.19 bits per heavy atom. The number of hydrogen-bond donors (Lipinski definition) is 1. The summed E-state index contributed by atoms with van der Waals surface area (Å²) in [5, 5.41) is 18.4. The van der Waals surface area contributed by atoms with E-state index in [1.807, 2.05) is 36.4 Å². The largest absolute Gasteiger partial charge is 0.477 e. The molecule has 204 valence electrons. The Bertz CT molecular complexity index is 1750. The number of hydrogen-bond acceptors (Lipinski definition) is 3. The molecule has 0 aromatic heterocycles. The molecule has 0 fully saturated rings. The number of carboxylic acid groups (broad SMARTS) is 1. The van der Waals surface area contributed by atoms with E-state index in [9.17, 15) is 9.90 Å². The molecule has 4 nitrogen and oxygen atoms in total. The molecule has 0 aliphatic rings. The smallest absolute Gasteiger partial charge is 0.346 e. The van der Waals surface area contributed by atoms with Gasteiger partial charge in [-0.1, -0.05) is 103 Å². The molecule has 0 atom stereocenters. The van der Waals surface area contributed by atoms with Crippen molar-refractivity contribution in [2.24, 2.45) is 0 Å². The minimum Gasteiger partial charge on any atom is -0.477 e. The number of benzene rings is 5. The van der Waals surface area contributed by atoms with E-state index >= 15 is 0 Å². The van der Waals surface area contributed by atoms with Crippen molar-refractivity contribution in [1.82, 2.24) is 0 Å². The van der Waals surface area contributed by atoms with Gasteiger partial charge in [0.1, 0.15) is 11.6 Å². The molecule has 5 rings (SSSR count). The third-order valence-electron chi connectivity index (χ3n) is 7.04. The summed E-state index contributed by atoms with van der Waals surface area (Å²) in [4.78, 5) is 13.5. The predicted molar refractivity (Wildman–Crippen MR) is 172 cm³/mol. The molecule has 0 bridgehead atoms. The highest BCUT2D eigenvalue weighted by atomic mass is 16.4. The van der Waals surface area contributed by atoms with Crippen molar-refractivity contribution < 1.29 is 9.90 Å². The van der Waals surface area contributed by atoms with E-state index in [1.54, 1.807) is 6.07 Å². The van der Waals surface area contributed by atoms with Gasteiger partial charge < -0.3 is 10.0 Å². The number of aryl methyl sites for hydroxylation is 2. The zero-order chi connectivity index (χ0) is 29.5. The quantitative estimate of drug-likeness (QED) is 0.120. The molecule has 0 saturated carbocycles.